The largest absolute Gasteiger partial charge is 0.494 e. The van der Waals surface area contributed by atoms with Gasteiger partial charge in [-0.05, 0) is 74.9 Å². The third-order valence-corrected chi connectivity index (χ3v) is 5.03. The number of piperidine rings is 1. The highest BCUT2D eigenvalue weighted by Crippen LogP contribution is 2.58. The number of nitrogens with one attached hydrogen (secondary N) is 2. The van der Waals surface area contributed by atoms with Gasteiger partial charge in [0.15, 0.2) is 0 Å². The van der Waals surface area contributed by atoms with Crippen molar-refractivity contribution >= 4 is 11.6 Å². The fourth-order valence-electron chi connectivity index (χ4n) is 3.50. The number of benzene rings is 1. The molecule has 0 radical (unpaired) electrons. The van der Waals surface area contributed by atoms with Gasteiger partial charge in [0.1, 0.15) is 5.75 Å². The number of ether oxygens (including phenoxy) is 1. The van der Waals surface area contributed by atoms with Gasteiger partial charge >= 0.3 is 0 Å². The molecule has 1 unspecified atom stereocenters. The van der Waals surface area contributed by atoms with E-state index < -0.39 is 0 Å². The first-order valence-electron chi connectivity index (χ1n) is 8.40. The summed E-state index contributed by atoms with van der Waals surface area (Å²) in [5, 5.41) is 6.49. The molecule has 2 aliphatic rings. The number of amides is 1. The molecule has 1 atom stereocenters. The summed E-state index contributed by atoms with van der Waals surface area (Å²) in [5.41, 5.74) is 2.25. The van der Waals surface area contributed by atoms with Crippen LogP contribution in [0.3, 0.4) is 0 Å². The molecule has 1 aliphatic carbocycles. The van der Waals surface area contributed by atoms with Crippen molar-refractivity contribution in [3.63, 3.8) is 0 Å². The average Bonchev–Trinajstić information content (AvgIpc) is 3.21. The Morgan fingerprint density at radius 2 is 2.18 bits per heavy atom. The normalized spacial score (nSPS) is 22.4. The second-order valence-corrected chi connectivity index (χ2v) is 6.68. The van der Waals surface area contributed by atoms with Crippen molar-refractivity contribution in [1.82, 2.24) is 5.32 Å². The summed E-state index contributed by atoms with van der Waals surface area (Å²) in [5.74, 6) is 1.26. The summed E-state index contributed by atoms with van der Waals surface area (Å²) in [4.78, 5) is 12.5. The van der Waals surface area contributed by atoms with E-state index in [2.05, 4.69) is 17.6 Å². The summed E-state index contributed by atoms with van der Waals surface area (Å²) in [6.07, 6.45) is 4.31. The van der Waals surface area contributed by atoms with Crippen LogP contribution < -0.4 is 15.4 Å². The Morgan fingerprint density at radius 3 is 2.86 bits per heavy atom. The van der Waals surface area contributed by atoms with E-state index in [0.717, 1.165) is 62.4 Å². The first-order chi connectivity index (χ1) is 10.6. The van der Waals surface area contributed by atoms with Crippen molar-refractivity contribution < 1.29 is 9.53 Å². The van der Waals surface area contributed by atoms with E-state index in [-0.39, 0.29) is 17.2 Å². The Balaban J connectivity index is 1.60. The summed E-state index contributed by atoms with van der Waals surface area (Å²) >= 11 is 0. The Morgan fingerprint density at radius 1 is 1.41 bits per heavy atom. The van der Waals surface area contributed by atoms with E-state index in [1.54, 1.807) is 0 Å². The van der Waals surface area contributed by atoms with Crippen molar-refractivity contribution in [2.45, 2.75) is 39.5 Å². The Bertz CT molecular complexity index is 550. The molecule has 1 amide bonds. The summed E-state index contributed by atoms with van der Waals surface area (Å²) in [7, 11) is 0. The quantitative estimate of drug-likeness (QED) is 0.878. The number of carbonyl (C=O) groups is 1. The smallest absolute Gasteiger partial charge is 0.228 e. The van der Waals surface area contributed by atoms with Crippen LogP contribution in [-0.4, -0.2) is 25.6 Å². The van der Waals surface area contributed by atoms with Crippen LogP contribution in [0.2, 0.25) is 0 Å². The van der Waals surface area contributed by atoms with Gasteiger partial charge in [-0.3, -0.25) is 4.79 Å². The molecule has 1 saturated carbocycles. The van der Waals surface area contributed by atoms with Gasteiger partial charge in [-0.25, -0.2) is 0 Å². The number of hydrogen-bond acceptors (Lipinski definition) is 3. The van der Waals surface area contributed by atoms with Crippen LogP contribution in [0.5, 0.6) is 5.75 Å². The van der Waals surface area contributed by atoms with Crippen LogP contribution in [0.15, 0.2) is 18.2 Å². The Hall–Kier alpha value is -1.55. The number of anilines is 1. The number of aryl methyl sites for hydroxylation is 1. The minimum atomic E-state index is 0.187. The van der Waals surface area contributed by atoms with E-state index >= 15 is 0 Å². The molecule has 1 aliphatic heterocycles. The lowest BCUT2D eigenvalue weighted by Crippen LogP contribution is -2.31. The van der Waals surface area contributed by atoms with Crippen molar-refractivity contribution in [1.29, 1.82) is 0 Å². The van der Waals surface area contributed by atoms with Crippen LogP contribution in [0.1, 0.15) is 38.2 Å². The van der Waals surface area contributed by atoms with Gasteiger partial charge in [-0.15, -0.1) is 0 Å². The van der Waals surface area contributed by atoms with E-state index in [9.17, 15) is 4.79 Å². The lowest BCUT2D eigenvalue weighted by atomic mass is 9.91. The minimum Gasteiger partial charge on any atom is -0.494 e. The monoisotopic (exact) mass is 302 g/mol. The van der Waals surface area contributed by atoms with Gasteiger partial charge in [-0.2, -0.15) is 0 Å². The predicted octanol–water partition coefficient (Wildman–Crippen LogP) is 3.11. The zero-order valence-corrected chi connectivity index (χ0v) is 13.6. The minimum absolute atomic E-state index is 0.187. The zero-order valence-electron chi connectivity index (χ0n) is 13.6. The van der Waals surface area contributed by atoms with Gasteiger partial charge < -0.3 is 15.4 Å². The maximum Gasteiger partial charge on any atom is 0.228 e. The summed E-state index contributed by atoms with van der Waals surface area (Å²) < 4.78 is 5.63. The molecule has 4 nitrogen and oxygen atoms in total. The van der Waals surface area contributed by atoms with E-state index in [1.807, 2.05) is 25.1 Å². The summed E-state index contributed by atoms with van der Waals surface area (Å²) in [6.45, 7) is 6.93. The highest BCUT2D eigenvalue weighted by molar-refractivity contribution is 5.95. The van der Waals surface area contributed by atoms with Crippen molar-refractivity contribution in [2.75, 3.05) is 25.0 Å². The van der Waals surface area contributed by atoms with Gasteiger partial charge in [0, 0.05) is 11.6 Å². The molecule has 1 aromatic rings. The molecule has 0 aromatic heterocycles. The SMILES string of the molecule is CCCOc1ccc(NC(=O)C2CC23CCNCC3)c(C)c1. The van der Waals surface area contributed by atoms with Crippen LogP contribution in [0.4, 0.5) is 5.69 Å². The van der Waals surface area contributed by atoms with Crippen LogP contribution >= 0.6 is 0 Å². The topological polar surface area (TPSA) is 50.4 Å². The fourth-order valence-corrected chi connectivity index (χ4v) is 3.50. The molecule has 22 heavy (non-hydrogen) atoms. The molecule has 2 fully saturated rings. The van der Waals surface area contributed by atoms with E-state index in [4.69, 9.17) is 4.74 Å². The molecular formula is C18H26N2O2. The van der Waals surface area contributed by atoms with Gasteiger partial charge in [0.25, 0.3) is 0 Å². The van der Waals surface area contributed by atoms with Crippen LogP contribution in [0.25, 0.3) is 0 Å². The first kappa shape index (κ1) is 15.3. The van der Waals surface area contributed by atoms with E-state index in [1.165, 1.54) is 0 Å². The van der Waals surface area contributed by atoms with Gasteiger partial charge in [-0.1, -0.05) is 6.92 Å². The second kappa shape index (κ2) is 6.29. The molecule has 4 heteroatoms. The molecule has 1 heterocycles. The van der Waals surface area contributed by atoms with Crippen LogP contribution in [0, 0.1) is 18.3 Å². The molecule has 2 N–H and O–H groups in total. The zero-order chi connectivity index (χ0) is 15.6. The average molecular weight is 302 g/mol. The third kappa shape index (κ3) is 3.12. The molecule has 120 valence electrons. The van der Waals surface area contributed by atoms with E-state index in [0.29, 0.717) is 0 Å². The number of rotatable bonds is 5. The van der Waals surface area contributed by atoms with Crippen molar-refractivity contribution in [3.05, 3.63) is 23.8 Å². The molecule has 1 spiro atoms. The molecule has 1 aromatic carbocycles. The molecule has 0 bridgehead atoms. The number of carbonyl (C=O) groups excluding carboxylic acids is 1. The highest BCUT2D eigenvalue weighted by Gasteiger charge is 2.57. The molecule has 1 saturated heterocycles. The maximum atomic E-state index is 12.5. The third-order valence-electron chi connectivity index (χ3n) is 5.03. The lowest BCUT2D eigenvalue weighted by Gasteiger charge is -2.23. The Kier molecular flexibility index (Phi) is 4.39. The first-order valence-corrected chi connectivity index (χ1v) is 8.40. The second-order valence-electron chi connectivity index (χ2n) is 6.68. The predicted molar refractivity (Wildman–Crippen MR) is 88.2 cm³/mol. The Labute approximate surface area is 132 Å². The van der Waals surface area contributed by atoms with Crippen molar-refractivity contribution in [2.24, 2.45) is 11.3 Å². The standard InChI is InChI=1S/C18H26N2O2/c1-3-10-22-14-4-5-16(13(2)11-14)20-17(21)15-12-18(15)6-8-19-9-7-18/h4-5,11,15,19H,3,6-10,12H2,1-2H3,(H,20,21). The highest BCUT2D eigenvalue weighted by atomic mass is 16.5. The maximum absolute atomic E-state index is 12.5. The molecular weight excluding hydrogens is 276 g/mol. The van der Waals surface area contributed by atoms with Gasteiger partial charge in [0.2, 0.25) is 5.91 Å². The van der Waals surface area contributed by atoms with Crippen molar-refractivity contribution in [3.8, 4) is 5.75 Å². The summed E-state index contributed by atoms with van der Waals surface area (Å²) in [6, 6.07) is 5.89. The molecule has 3 rings (SSSR count). The van der Waals surface area contributed by atoms with Crippen LogP contribution in [-0.2, 0) is 4.79 Å². The fraction of sp³-hybridized carbons (Fsp3) is 0.611. The number of hydrogen-bond donors (Lipinski definition) is 2. The van der Waals surface area contributed by atoms with Gasteiger partial charge in [0.05, 0.1) is 6.61 Å². The lowest BCUT2D eigenvalue weighted by molar-refractivity contribution is -0.118.